The van der Waals surface area contributed by atoms with Gasteiger partial charge in [0.25, 0.3) is 0 Å². The summed E-state index contributed by atoms with van der Waals surface area (Å²) in [6.07, 6.45) is 7.34. The molecule has 25 heavy (non-hydrogen) atoms. The van der Waals surface area contributed by atoms with Crippen molar-refractivity contribution in [2.24, 2.45) is 0 Å². The van der Waals surface area contributed by atoms with Crippen LogP contribution in [0.3, 0.4) is 0 Å². The van der Waals surface area contributed by atoms with E-state index in [0.717, 1.165) is 3.63 Å². The van der Waals surface area contributed by atoms with E-state index in [1.165, 1.54) is 24.0 Å². The van der Waals surface area contributed by atoms with Crippen LogP contribution in [0.2, 0.25) is 8.26 Å². The zero-order valence-electron chi connectivity index (χ0n) is 14.4. The van der Waals surface area contributed by atoms with E-state index in [-0.39, 0.29) is 24.8 Å². The van der Waals surface area contributed by atoms with Crippen molar-refractivity contribution in [2.75, 3.05) is 0 Å². The number of hydrogen-bond acceptors (Lipinski definition) is 0. The zero-order valence-corrected chi connectivity index (χ0v) is 18.4. The quantitative estimate of drug-likeness (QED) is 0.638. The summed E-state index contributed by atoms with van der Waals surface area (Å²) in [6.45, 7) is 2.34. The molecule has 2 aromatic rings. The maximum Gasteiger partial charge on any atom is -1.00 e. The molecule has 0 spiro atoms. The largest absolute Gasteiger partial charge is 1.00 e. The van der Waals surface area contributed by atoms with Gasteiger partial charge in [-0.1, -0.05) is 0 Å². The van der Waals surface area contributed by atoms with Gasteiger partial charge in [-0.05, 0) is 0 Å². The third-order valence-electron chi connectivity index (χ3n) is 6.19. The molecule has 5 rings (SSSR count). The van der Waals surface area contributed by atoms with Crippen molar-refractivity contribution >= 4 is 0 Å². The first kappa shape index (κ1) is 19.2. The molecule has 2 aromatic carbocycles. The van der Waals surface area contributed by atoms with Gasteiger partial charge in [0, 0.05) is 0 Å². The Morgan fingerprint density at radius 1 is 0.880 bits per heavy atom. The molecule has 1 fully saturated rings. The topological polar surface area (TPSA) is 0 Å². The molecule has 0 saturated carbocycles. The molecule has 128 valence electrons. The molecule has 0 atom stereocenters. The predicted molar refractivity (Wildman–Crippen MR) is 94.4 cm³/mol. The molecule has 0 radical (unpaired) electrons. The van der Waals surface area contributed by atoms with Gasteiger partial charge in [0.2, 0.25) is 0 Å². The number of fused-ring (bicyclic) bond motifs is 3. The van der Waals surface area contributed by atoms with Crippen molar-refractivity contribution in [1.29, 1.82) is 0 Å². The zero-order chi connectivity index (χ0) is 15.4. The first-order chi connectivity index (χ1) is 11.3. The van der Waals surface area contributed by atoms with Crippen molar-refractivity contribution in [3.05, 3.63) is 80.7 Å². The fourth-order valence-electron chi connectivity index (χ4n) is 5.06. The molecule has 1 aliphatic heterocycles. The fourth-order valence-corrected chi connectivity index (χ4v) is 21.1. The Labute approximate surface area is 167 Å². The summed E-state index contributed by atoms with van der Waals surface area (Å²) in [4.78, 5) is 0. The second-order valence-electron chi connectivity index (χ2n) is 7.23. The minimum atomic E-state index is -2.25. The molecule has 0 unspecified atom stereocenters. The first-order valence-electron chi connectivity index (χ1n) is 8.92. The van der Waals surface area contributed by atoms with Crippen molar-refractivity contribution in [3.8, 4) is 11.1 Å². The van der Waals surface area contributed by atoms with Gasteiger partial charge in [-0.2, -0.15) is 0 Å². The maximum atomic E-state index is 2.43. The third kappa shape index (κ3) is 2.75. The van der Waals surface area contributed by atoms with Crippen LogP contribution in [0.15, 0.2) is 69.5 Å². The van der Waals surface area contributed by atoms with E-state index in [2.05, 4.69) is 67.6 Å². The number of halogens is 2. The molecule has 0 nitrogen and oxygen atoms in total. The summed E-state index contributed by atoms with van der Waals surface area (Å²) in [5.74, 6) is 0. The summed E-state index contributed by atoms with van der Waals surface area (Å²) in [7, 11) is 0. The summed E-state index contributed by atoms with van der Waals surface area (Å²) < 4.78 is 5.83. The smallest absolute Gasteiger partial charge is 1.00 e. The Hall–Kier alpha value is -0.617. The van der Waals surface area contributed by atoms with Gasteiger partial charge < -0.3 is 24.8 Å². The average molecular weight is 449 g/mol. The molecule has 1 heterocycles. The van der Waals surface area contributed by atoms with Crippen molar-refractivity contribution in [2.45, 2.75) is 31.6 Å². The van der Waals surface area contributed by atoms with E-state index in [9.17, 15) is 0 Å². The van der Waals surface area contributed by atoms with Gasteiger partial charge in [0.15, 0.2) is 0 Å². The van der Waals surface area contributed by atoms with E-state index in [1.807, 2.05) is 3.28 Å². The van der Waals surface area contributed by atoms with Gasteiger partial charge >= 0.3 is 144 Å². The van der Waals surface area contributed by atoms with Gasteiger partial charge in [-0.3, -0.25) is 0 Å². The normalized spacial score (nSPS) is 17.8. The predicted octanol–water partition coefficient (Wildman–Crippen LogP) is 0.393. The summed E-state index contributed by atoms with van der Waals surface area (Å²) >= 11 is -2.25. The molecule has 1 saturated heterocycles. The van der Waals surface area contributed by atoms with Gasteiger partial charge in [0.05, 0.1) is 0 Å². The van der Waals surface area contributed by atoms with Crippen LogP contribution in [0.4, 0.5) is 0 Å². The molecule has 3 heteroatoms. The van der Waals surface area contributed by atoms with Crippen LogP contribution in [0, 0.1) is 0 Å². The van der Waals surface area contributed by atoms with E-state index in [1.54, 1.807) is 25.0 Å². The Kier molecular flexibility index (Phi) is 5.50. The van der Waals surface area contributed by atoms with E-state index < -0.39 is 20.3 Å². The first-order valence-corrected chi connectivity index (χ1v) is 15.0. The van der Waals surface area contributed by atoms with Gasteiger partial charge in [0.1, 0.15) is 0 Å². The van der Waals surface area contributed by atoms with E-state index in [0.29, 0.717) is 0 Å². The average Bonchev–Trinajstić information content (AvgIpc) is 3.11. The standard InChI is InChI=1S/C13H9.C7H9.C2H4.2ClH.Zr/c1-3-7-12-10(5-1)9-11-6-2-4-8-13(11)12;1-2-7-5-3-4-6-7;1-2;;;/h1-9H;3,5H,2,4H2,1H3;1-2H2;2*1H;/q;;;;;+2/p-2. The number of benzene rings is 2. The number of allylic oxidation sites excluding steroid dienone is 4. The minimum absolute atomic E-state index is 0. The molecule has 0 amide bonds. The second kappa shape index (κ2) is 7.18. The minimum Gasteiger partial charge on any atom is -1.00 e. The number of hydrogen-bond donors (Lipinski definition) is 0. The monoisotopic (exact) mass is 446 g/mol. The van der Waals surface area contributed by atoms with Gasteiger partial charge in [-0.25, -0.2) is 0 Å². The molecule has 2 aliphatic carbocycles. The molecule has 0 aromatic heterocycles. The maximum absolute atomic E-state index is 2.43. The molecule has 3 aliphatic rings. The fraction of sp³-hybridized carbons (Fsp3) is 0.273. The van der Waals surface area contributed by atoms with E-state index in [4.69, 9.17) is 0 Å². The van der Waals surface area contributed by atoms with Crippen molar-refractivity contribution in [3.63, 3.8) is 0 Å². The summed E-state index contributed by atoms with van der Waals surface area (Å²) in [6, 6.07) is 18.5. The third-order valence-corrected chi connectivity index (χ3v) is 18.6. The number of rotatable bonds is 3. The van der Waals surface area contributed by atoms with Crippen LogP contribution >= 0.6 is 0 Å². The Balaban J connectivity index is 0.000000911. The Morgan fingerprint density at radius 2 is 1.44 bits per heavy atom. The van der Waals surface area contributed by atoms with Crippen LogP contribution in [-0.4, -0.2) is 0 Å². The van der Waals surface area contributed by atoms with Crippen molar-refractivity contribution in [1.82, 2.24) is 0 Å². The summed E-state index contributed by atoms with van der Waals surface area (Å²) in [5, 5.41) is 0. The van der Waals surface area contributed by atoms with Crippen LogP contribution in [0.1, 0.15) is 34.5 Å². The molecule has 0 N–H and O–H groups in total. The molecular formula is C22H22Cl2Zr. The molecular weight excluding hydrogens is 426 g/mol. The molecule has 0 bridgehead atoms. The summed E-state index contributed by atoms with van der Waals surface area (Å²) in [5.41, 5.74) is 8.02. The Bertz CT molecular complexity index is 816. The van der Waals surface area contributed by atoms with Crippen molar-refractivity contribution < 1.29 is 45.1 Å². The van der Waals surface area contributed by atoms with Crippen LogP contribution < -0.4 is 24.8 Å². The van der Waals surface area contributed by atoms with Crippen LogP contribution in [0.25, 0.3) is 11.1 Å². The SMILES string of the molecule is CCC1=[C]([Zr+2]2([CH]3c4ccccc4-c4ccccc43)[CH2][CH2]2)CC=C1.[Cl-].[Cl-]. The van der Waals surface area contributed by atoms with E-state index >= 15 is 0 Å². The second-order valence-corrected chi connectivity index (χ2v) is 18.3. The van der Waals surface area contributed by atoms with Crippen LogP contribution in [-0.2, 0) is 20.3 Å². The van der Waals surface area contributed by atoms with Crippen LogP contribution in [0.5, 0.6) is 0 Å². The van der Waals surface area contributed by atoms with Gasteiger partial charge in [-0.15, -0.1) is 0 Å². The Morgan fingerprint density at radius 3 is 1.96 bits per heavy atom.